The summed E-state index contributed by atoms with van der Waals surface area (Å²) in [5.41, 5.74) is 2.44. The van der Waals surface area contributed by atoms with Crippen molar-refractivity contribution in [2.75, 3.05) is 13.7 Å². The molecule has 108 valence electrons. The Morgan fingerprint density at radius 3 is 2.60 bits per heavy atom. The topological polar surface area (TPSA) is 21.3 Å². The molecule has 1 atom stereocenters. The van der Waals surface area contributed by atoms with Crippen molar-refractivity contribution in [2.45, 2.75) is 33.2 Å². The predicted molar refractivity (Wildman–Crippen MR) is 86.9 cm³/mol. The summed E-state index contributed by atoms with van der Waals surface area (Å²) in [7, 11) is 1.73. The van der Waals surface area contributed by atoms with Gasteiger partial charge in [0.2, 0.25) is 0 Å². The Morgan fingerprint density at radius 1 is 1.20 bits per heavy atom. The summed E-state index contributed by atoms with van der Waals surface area (Å²) >= 11 is 1.86. The Bertz CT molecular complexity index is 562. The Hall–Kier alpha value is -1.32. The molecule has 0 fully saturated rings. The third-order valence-corrected chi connectivity index (χ3v) is 4.48. The number of ether oxygens (including phenoxy) is 1. The van der Waals surface area contributed by atoms with Gasteiger partial charge in [-0.1, -0.05) is 19.1 Å². The quantitative estimate of drug-likeness (QED) is 0.847. The van der Waals surface area contributed by atoms with Gasteiger partial charge < -0.3 is 10.1 Å². The Morgan fingerprint density at radius 2 is 2.00 bits per heavy atom. The monoisotopic (exact) mass is 289 g/mol. The van der Waals surface area contributed by atoms with Crippen LogP contribution in [0.2, 0.25) is 0 Å². The number of rotatable bonds is 6. The van der Waals surface area contributed by atoms with Crippen molar-refractivity contribution in [1.29, 1.82) is 0 Å². The molecule has 0 saturated carbocycles. The Labute approximate surface area is 125 Å². The van der Waals surface area contributed by atoms with Crippen LogP contribution in [0.1, 0.15) is 40.3 Å². The van der Waals surface area contributed by atoms with Crippen molar-refractivity contribution < 1.29 is 4.74 Å². The fourth-order valence-electron chi connectivity index (χ4n) is 2.30. The van der Waals surface area contributed by atoms with Crippen LogP contribution in [0.3, 0.4) is 0 Å². The second-order valence-electron chi connectivity index (χ2n) is 5.06. The summed E-state index contributed by atoms with van der Waals surface area (Å²) in [4.78, 5) is 2.71. The molecule has 0 bridgehead atoms. The lowest BCUT2D eigenvalue weighted by Gasteiger charge is -2.19. The maximum atomic E-state index is 5.46. The van der Waals surface area contributed by atoms with Gasteiger partial charge >= 0.3 is 0 Å². The van der Waals surface area contributed by atoms with Crippen LogP contribution in [0.25, 0.3) is 0 Å². The molecule has 0 aliphatic rings. The molecule has 2 aromatic rings. The lowest BCUT2D eigenvalue weighted by atomic mass is 10.0. The van der Waals surface area contributed by atoms with Crippen LogP contribution in [0, 0.1) is 13.8 Å². The minimum Gasteiger partial charge on any atom is -0.496 e. The molecule has 2 rings (SSSR count). The number of benzene rings is 1. The van der Waals surface area contributed by atoms with Gasteiger partial charge in [0.25, 0.3) is 0 Å². The molecule has 20 heavy (non-hydrogen) atoms. The minimum absolute atomic E-state index is 0.253. The van der Waals surface area contributed by atoms with E-state index < -0.39 is 0 Å². The van der Waals surface area contributed by atoms with Crippen molar-refractivity contribution >= 4 is 11.3 Å². The van der Waals surface area contributed by atoms with Gasteiger partial charge in [-0.25, -0.2) is 0 Å². The number of nitrogens with one attached hydrogen (secondary N) is 1. The molecule has 0 aliphatic heterocycles. The average Bonchev–Trinajstić information content (AvgIpc) is 2.87. The molecule has 1 unspecified atom stereocenters. The van der Waals surface area contributed by atoms with Crippen LogP contribution in [0.5, 0.6) is 5.75 Å². The molecule has 1 aromatic heterocycles. The third-order valence-electron chi connectivity index (χ3n) is 3.41. The number of aryl methyl sites for hydroxylation is 2. The van der Waals surface area contributed by atoms with Crippen LogP contribution in [-0.2, 0) is 0 Å². The van der Waals surface area contributed by atoms with Crippen molar-refractivity contribution in [3.63, 3.8) is 0 Å². The summed E-state index contributed by atoms with van der Waals surface area (Å²) in [6, 6.07) is 11.1. The Kier molecular flexibility index (Phi) is 5.21. The lowest BCUT2D eigenvalue weighted by molar-refractivity contribution is 0.410. The fourth-order valence-corrected chi connectivity index (χ4v) is 3.28. The van der Waals surface area contributed by atoms with Gasteiger partial charge in [-0.15, -0.1) is 11.3 Å². The van der Waals surface area contributed by atoms with E-state index >= 15 is 0 Å². The number of hydrogen-bond donors (Lipinski definition) is 1. The van der Waals surface area contributed by atoms with Crippen molar-refractivity contribution in [3.05, 3.63) is 51.2 Å². The molecule has 0 spiro atoms. The van der Waals surface area contributed by atoms with Crippen LogP contribution in [0.4, 0.5) is 0 Å². The molecular weight excluding hydrogens is 266 g/mol. The van der Waals surface area contributed by atoms with Crippen molar-refractivity contribution in [1.82, 2.24) is 5.32 Å². The average molecular weight is 289 g/mol. The van der Waals surface area contributed by atoms with E-state index in [9.17, 15) is 0 Å². The highest BCUT2D eigenvalue weighted by molar-refractivity contribution is 7.12. The standard InChI is InChI=1S/C17H23NOS/c1-5-10-18-17(16-9-7-13(3)20-16)14-8-6-12(2)15(11-14)19-4/h6-9,11,17-18H,5,10H2,1-4H3. The van der Waals surface area contributed by atoms with Gasteiger partial charge in [-0.2, -0.15) is 0 Å². The SMILES string of the molecule is CCCNC(c1ccc(C)c(OC)c1)c1ccc(C)s1. The first kappa shape index (κ1) is 15.1. The summed E-state index contributed by atoms with van der Waals surface area (Å²) in [6.07, 6.45) is 1.13. The first-order valence-corrected chi connectivity index (χ1v) is 7.91. The summed E-state index contributed by atoms with van der Waals surface area (Å²) in [5, 5.41) is 3.64. The van der Waals surface area contributed by atoms with Gasteiger partial charge in [0, 0.05) is 9.75 Å². The molecule has 1 heterocycles. The van der Waals surface area contributed by atoms with Crippen LogP contribution in [-0.4, -0.2) is 13.7 Å². The zero-order chi connectivity index (χ0) is 14.5. The highest BCUT2D eigenvalue weighted by Crippen LogP contribution is 2.31. The summed E-state index contributed by atoms with van der Waals surface area (Å²) < 4.78 is 5.46. The fraction of sp³-hybridized carbons (Fsp3) is 0.412. The minimum atomic E-state index is 0.253. The van der Waals surface area contributed by atoms with Crippen LogP contribution < -0.4 is 10.1 Å². The number of methoxy groups -OCH3 is 1. The number of thiophene rings is 1. The van der Waals surface area contributed by atoms with E-state index in [2.05, 4.69) is 56.4 Å². The molecule has 1 aromatic carbocycles. The molecule has 0 saturated heterocycles. The molecule has 0 radical (unpaired) electrons. The van der Waals surface area contributed by atoms with Gasteiger partial charge in [-0.3, -0.25) is 0 Å². The van der Waals surface area contributed by atoms with Gasteiger partial charge in [0.1, 0.15) is 5.75 Å². The smallest absolute Gasteiger partial charge is 0.122 e. The summed E-state index contributed by atoms with van der Waals surface area (Å²) in [5.74, 6) is 0.957. The van der Waals surface area contributed by atoms with Gasteiger partial charge in [0.05, 0.1) is 13.2 Å². The lowest BCUT2D eigenvalue weighted by Crippen LogP contribution is -2.22. The van der Waals surface area contributed by atoms with Gasteiger partial charge in [-0.05, 0) is 56.1 Å². The second-order valence-corrected chi connectivity index (χ2v) is 6.38. The normalized spacial score (nSPS) is 12.4. The molecule has 0 aliphatic carbocycles. The van der Waals surface area contributed by atoms with E-state index in [-0.39, 0.29) is 6.04 Å². The van der Waals surface area contributed by atoms with Crippen LogP contribution in [0.15, 0.2) is 30.3 Å². The zero-order valence-corrected chi connectivity index (χ0v) is 13.5. The number of hydrogen-bond acceptors (Lipinski definition) is 3. The summed E-state index contributed by atoms with van der Waals surface area (Å²) in [6.45, 7) is 7.43. The van der Waals surface area contributed by atoms with E-state index in [0.29, 0.717) is 0 Å². The molecule has 2 nitrogen and oxygen atoms in total. The van der Waals surface area contributed by atoms with E-state index in [1.165, 1.54) is 20.9 Å². The van der Waals surface area contributed by atoms with Crippen LogP contribution >= 0.6 is 11.3 Å². The van der Waals surface area contributed by atoms with E-state index in [0.717, 1.165) is 18.7 Å². The first-order chi connectivity index (χ1) is 9.65. The molecular formula is C17H23NOS. The maximum Gasteiger partial charge on any atom is 0.122 e. The highest BCUT2D eigenvalue weighted by atomic mass is 32.1. The third kappa shape index (κ3) is 3.41. The maximum absolute atomic E-state index is 5.46. The van der Waals surface area contributed by atoms with E-state index in [1.807, 2.05) is 11.3 Å². The van der Waals surface area contributed by atoms with E-state index in [1.54, 1.807) is 7.11 Å². The Balaban J connectivity index is 2.35. The zero-order valence-electron chi connectivity index (χ0n) is 12.7. The second kappa shape index (κ2) is 6.91. The molecule has 0 amide bonds. The molecule has 3 heteroatoms. The largest absolute Gasteiger partial charge is 0.496 e. The van der Waals surface area contributed by atoms with Crippen molar-refractivity contribution in [2.24, 2.45) is 0 Å². The predicted octanol–water partition coefficient (Wildman–Crippen LogP) is 4.46. The molecule has 1 N–H and O–H groups in total. The van der Waals surface area contributed by atoms with Crippen molar-refractivity contribution in [3.8, 4) is 5.75 Å². The van der Waals surface area contributed by atoms with E-state index in [4.69, 9.17) is 4.74 Å². The highest BCUT2D eigenvalue weighted by Gasteiger charge is 2.16. The first-order valence-electron chi connectivity index (χ1n) is 7.10. The van der Waals surface area contributed by atoms with Gasteiger partial charge in [0.15, 0.2) is 0 Å².